The zero-order chi connectivity index (χ0) is 51.4. The normalized spacial score (nSPS) is 17.4. The highest BCUT2D eigenvalue weighted by molar-refractivity contribution is 6.40. The molecule has 0 bridgehead atoms. The van der Waals surface area contributed by atoms with E-state index in [1.807, 2.05) is 12.1 Å². The van der Waals surface area contributed by atoms with Crippen LogP contribution in [0.2, 0.25) is 0 Å². The summed E-state index contributed by atoms with van der Waals surface area (Å²) in [5, 5.41) is 21.2. The second-order valence-corrected chi connectivity index (χ2v) is 18.4. The van der Waals surface area contributed by atoms with E-state index in [0.717, 1.165) is 24.3 Å². The quantitative estimate of drug-likeness (QED) is 0.151. The number of carbonyl (C=O) groups is 5. The first-order valence-electron chi connectivity index (χ1n) is 21.3. The molecule has 4 saturated heterocycles. The fourth-order valence-corrected chi connectivity index (χ4v) is 8.14. The van der Waals surface area contributed by atoms with Crippen molar-refractivity contribution in [3.8, 4) is 12.1 Å². The molecule has 4 aromatic carbocycles. The van der Waals surface area contributed by atoms with Crippen LogP contribution in [0.25, 0.3) is 0 Å². The van der Waals surface area contributed by atoms with Crippen molar-refractivity contribution in [1.29, 1.82) is 10.5 Å². The van der Waals surface area contributed by atoms with Crippen LogP contribution in [0.15, 0.2) is 97.1 Å². The van der Waals surface area contributed by atoms with E-state index in [9.17, 15) is 50.3 Å². The maximum Gasteiger partial charge on any atom is 0.416 e. The number of nitrogens with one attached hydrogen (secondary N) is 1. The monoisotopic (exact) mass is 1010 g/mol. The van der Waals surface area contributed by atoms with Crippen LogP contribution in [0.5, 0.6) is 0 Å². The van der Waals surface area contributed by atoms with Crippen LogP contribution < -0.4 is 15.1 Å². The van der Waals surface area contributed by atoms with E-state index in [-0.39, 0.29) is 69.5 Å². The second-order valence-electron chi connectivity index (χ2n) is 17.6. The number of alkyl halides is 8. The highest BCUT2D eigenvalue weighted by atomic mass is 35.5. The Morgan fingerprint density at radius 3 is 1.30 bits per heavy atom. The Morgan fingerprint density at radius 2 is 0.986 bits per heavy atom. The molecule has 4 aliphatic rings. The molecule has 14 nitrogen and oxygen atoms in total. The molecule has 4 heterocycles. The molecular formula is C48H44Cl2F6N8O6. The molecule has 1 N–H and O–H groups in total. The van der Waals surface area contributed by atoms with Gasteiger partial charge in [0, 0.05) is 37.6 Å². The summed E-state index contributed by atoms with van der Waals surface area (Å²) in [5.41, 5.74) is -2.14. The molecule has 0 radical (unpaired) electrons. The van der Waals surface area contributed by atoms with E-state index in [2.05, 4.69) is 5.32 Å². The van der Waals surface area contributed by atoms with Crippen molar-refractivity contribution in [1.82, 2.24) is 20.0 Å². The van der Waals surface area contributed by atoms with E-state index < -0.39 is 58.1 Å². The Bertz CT molecular complexity index is 2680. The molecule has 5 amide bonds. The first-order valence-corrected chi connectivity index (χ1v) is 22.3. The number of anilines is 2. The number of hydrogen-bond acceptors (Lipinski definition) is 9. The van der Waals surface area contributed by atoms with Crippen molar-refractivity contribution < 1.29 is 55.1 Å². The molecule has 0 saturated carbocycles. The summed E-state index contributed by atoms with van der Waals surface area (Å²) in [6, 6.07) is 25.6. The summed E-state index contributed by atoms with van der Waals surface area (Å²) in [5.74, 6) is -1.39. The van der Waals surface area contributed by atoms with Gasteiger partial charge in [-0.3, -0.25) is 19.2 Å². The highest BCUT2D eigenvalue weighted by Gasteiger charge is 2.62. The summed E-state index contributed by atoms with van der Waals surface area (Å²) in [7, 11) is 0. The highest BCUT2D eigenvalue weighted by Crippen LogP contribution is 2.39. The minimum Gasteiger partial charge on any atom is -0.444 e. The number of piperazine rings is 2. The number of carbonyl (C=O) groups excluding carboxylic acids is 5. The molecule has 4 aromatic rings. The summed E-state index contributed by atoms with van der Waals surface area (Å²) in [4.78, 5) is 72.8. The zero-order valence-corrected chi connectivity index (χ0v) is 39.2. The largest absolute Gasteiger partial charge is 0.444 e. The van der Waals surface area contributed by atoms with Crippen LogP contribution in [0.4, 0.5) is 42.5 Å². The van der Waals surface area contributed by atoms with Crippen molar-refractivity contribution in [2.24, 2.45) is 0 Å². The predicted molar refractivity (Wildman–Crippen MR) is 244 cm³/mol. The lowest BCUT2D eigenvalue weighted by Gasteiger charge is -2.57. The van der Waals surface area contributed by atoms with Gasteiger partial charge in [-0.05, 0) is 105 Å². The lowest BCUT2D eigenvalue weighted by molar-refractivity contribution is -0.163. The lowest BCUT2D eigenvalue weighted by Crippen LogP contribution is -2.81. The number of rotatable bonds is 6. The Labute approximate surface area is 408 Å². The Balaban J connectivity index is 0.000000221. The van der Waals surface area contributed by atoms with Crippen LogP contribution in [0.1, 0.15) is 54.2 Å². The number of amides is 5. The minimum atomic E-state index is -4.50. The van der Waals surface area contributed by atoms with Crippen LogP contribution in [-0.2, 0) is 49.4 Å². The molecule has 0 aromatic heterocycles. The Kier molecular flexibility index (Phi) is 15.5. The molecule has 0 aliphatic carbocycles. The van der Waals surface area contributed by atoms with Gasteiger partial charge in [-0.25, -0.2) is 4.79 Å². The first-order chi connectivity index (χ1) is 32.9. The van der Waals surface area contributed by atoms with Gasteiger partial charge in [0.05, 0.1) is 52.8 Å². The molecule has 0 unspecified atom stereocenters. The van der Waals surface area contributed by atoms with Crippen molar-refractivity contribution >= 4 is 64.3 Å². The maximum atomic E-state index is 13.8. The second kappa shape index (κ2) is 20.6. The van der Waals surface area contributed by atoms with Gasteiger partial charge in [-0.15, -0.1) is 23.2 Å². The molecule has 22 heteroatoms. The molecule has 368 valence electrons. The van der Waals surface area contributed by atoms with Gasteiger partial charge in [-0.1, -0.05) is 24.3 Å². The molecule has 70 heavy (non-hydrogen) atoms. The SMILES string of the molecule is CC(C)(C)OC(=O)N1CC2(C1)C(=O)N(c1ccc(C#N)cc1)CC(=O)N2Cc1ccc(C(F)(F)F)cc1.ClCCl.N#Cc1ccc(N2CC(=O)N(Cc3ccc(C(F)(F)F)cc3)C3(CNC3)C2=O)cc1. The number of nitriles is 2. The summed E-state index contributed by atoms with van der Waals surface area (Å²) in [6.45, 7) is 4.89. The van der Waals surface area contributed by atoms with Gasteiger partial charge in [0.2, 0.25) is 11.8 Å². The minimum absolute atomic E-state index is 0.0472. The van der Waals surface area contributed by atoms with Crippen LogP contribution in [0, 0.1) is 22.7 Å². The molecule has 4 fully saturated rings. The van der Waals surface area contributed by atoms with E-state index >= 15 is 0 Å². The molecule has 4 aliphatic heterocycles. The van der Waals surface area contributed by atoms with Crippen LogP contribution in [0.3, 0.4) is 0 Å². The number of hydrogen-bond donors (Lipinski definition) is 1. The number of ether oxygens (including phenoxy) is 1. The van der Waals surface area contributed by atoms with E-state index in [1.54, 1.807) is 57.2 Å². The fourth-order valence-electron chi connectivity index (χ4n) is 8.14. The van der Waals surface area contributed by atoms with Gasteiger partial charge >= 0.3 is 18.4 Å². The molecule has 0 atom stereocenters. The average molecular weight is 1010 g/mol. The van der Waals surface area contributed by atoms with E-state index in [4.69, 9.17) is 38.5 Å². The first kappa shape index (κ1) is 52.5. The number of benzene rings is 4. The number of likely N-dealkylation sites (tertiary alicyclic amines) is 1. The third-order valence-electron chi connectivity index (χ3n) is 11.8. The molecular weight excluding hydrogens is 969 g/mol. The topological polar surface area (TPSA) is 170 Å². The van der Waals surface area contributed by atoms with Crippen molar-refractivity contribution in [2.75, 3.05) is 54.4 Å². The van der Waals surface area contributed by atoms with Gasteiger partial charge in [0.1, 0.15) is 24.2 Å². The van der Waals surface area contributed by atoms with Gasteiger partial charge in [0.25, 0.3) is 11.8 Å². The average Bonchev–Trinajstić information content (AvgIpc) is 3.27. The van der Waals surface area contributed by atoms with Crippen molar-refractivity contribution in [2.45, 2.75) is 62.9 Å². The van der Waals surface area contributed by atoms with Crippen LogP contribution >= 0.6 is 23.2 Å². The number of nitrogens with zero attached hydrogens (tertiary/aromatic N) is 7. The van der Waals surface area contributed by atoms with Gasteiger partial charge < -0.3 is 34.6 Å². The number of halogens is 8. The van der Waals surface area contributed by atoms with E-state index in [1.165, 1.54) is 60.9 Å². The van der Waals surface area contributed by atoms with Gasteiger partial charge in [0.15, 0.2) is 5.54 Å². The predicted octanol–water partition coefficient (Wildman–Crippen LogP) is 7.66. The Morgan fingerprint density at radius 1 is 0.629 bits per heavy atom. The summed E-state index contributed by atoms with van der Waals surface area (Å²) in [6.07, 6.45) is -9.57. The smallest absolute Gasteiger partial charge is 0.416 e. The zero-order valence-electron chi connectivity index (χ0n) is 37.7. The summed E-state index contributed by atoms with van der Waals surface area (Å²) >= 11 is 9.53. The van der Waals surface area contributed by atoms with Crippen LogP contribution in [-0.4, -0.2) is 106 Å². The van der Waals surface area contributed by atoms with Gasteiger partial charge in [-0.2, -0.15) is 36.9 Å². The standard InChI is InChI=1S/C26H25F3N4O4.C21H17F3N4O2.CH2Cl2/c1-24(2,3)37-23(36)31-15-25(16-31)22(35)32(20-10-6-17(12-30)7-11-20)14-21(34)33(25)13-18-4-8-19(9-5-18)26(27,28)29;22-21(23,24)16-5-1-15(2-6-16)10-28-18(29)11-27(19(30)20(28)12-26-13-20)17-7-3-14(9-25)4-8-17;2-1-3/h4-11H,13-16H2,1-3H3;1-8,26H,10-13H2;1H2. The fraction of sp³-hybridized carbons (Fsp3) is 0.354. The van der Waals surface area contributed by atoms with Crippen molar-refractivity contribution in [3.05, 3.63) is 130 Å². The molecule has 8 rings (SSSR count). The van der Waals surface area contributed by atoms with E-state index in [0.29, 0.717) is 33.6 Å². The Hall–Kier alpha value is -6.87. The lowest BCUT2D eigenvalue weighted by atomic mass is 9.83. The molecule has 2 spiro atoms. The third-order valence-corrected chi connectivity index (χ3v) is 11.8. The summed E-state index contributed by atoms with van der Waals surface area (Å²) < 4.78 is 82.7. The van der Waals surface area contributed by atoms with Crippen molar-refractivity contribution in [3.63, 3.8) is 0 Å². The maximum absolute atomic E-state index is 13.8. The third kappa shape index (κ3) is 11.3.